The van der Waals surface area contributed by atoms with Gasteiger partial charge in [-0.05, 0) is 47.5 Å². The molecule has 3 aromatic rings. The second-order valence-electron chi connectivity index (χ2n) is 6.82. The van der Waals surface area contributed by atoms with E-state index in [1.165, 1.54) is 18.2 Å². The van der Waals surface area contributed by atoms with Gasteiger partial charge in [0.1, 0.15) is 0 Å². The summed E-state index contributed by atoms with van der Waals surface area (Å²) in [5, 5.41) is 24.6. The molecule has 0 radical (unpaired) electrons. The molecule has 0 fully saturated rings. The lowest BCUT2D eigenvalue weighted by Gasteiger charge is -2.18. The van der Waals surface area contributed by atoms with E-state index < -0.39 is 16.6 Å². The third kappa shape index (κ3) is 3.77. The van der Waals surface area contributed by atoms with Crippen molar-refractivity contribution in [1.29, 1.82) is 0 Å². The molecule has 0 spiro atoms. The van der Waals surface area contributed by atoms with Gasteiger partial charge in [-0.15, -0.1) is 0 Å². The van der Waals surface area contributed by atoms with Crippen LogP contribution in [-0.4, -0.2) is 16.0 Å². The standard InChI is InChI=1S/C21H15Cl2N3O4/c22-16-7-6-15(9-17(16)23)25-10-12-4-5-14(8-13(12)11-25)24-18-2-1-3-19(26(29)30)20(18)21(27)28/h1-9,24H,10-11H2,(H,27,28). The fourth-order valence-electron chi connectivity index (χ4n) is 3.51. The Morgan fingerprint density at radius 3 is 2.50 bits per heavy atom. The Bertz CT molecular complexity index is 1180. The fourth-order valence-corrected chi connectivity index (χ4v) is 3.81. The number of anilines is 3. The lowest BCUT2D eigenvalue weighted by atomic mass is 10.1. The monoisotopic (exact) mass is 443 g/mol. The van der Waals surface area contributed by atoms with Crippen LogP contribution < -0.4 is 10.2 Å². The summed E-state index contributed by atoms with van der Waals surface area (Å²) in [6.45, 7) is 1.34. The first-order valence-electron chi connectivity index (χ1n) is 8.93. The lowest BCUT2D eigenvalue weighted by molar-refractivity contribution is -0.385. The Morgan fingerprint density at radius 1 is 1.03 bits per heavy atom. The molecule has 9 heteroatoms. The Hall–Kier alpha value is -3.29. The molecule has 0 unspecified atom stereocenters. The number of hydrogen-bond donors (Lipinski definition) is 2. The highest BCUT2D eigenvalue weighted by Crippen LogP contribution is 2.35. The Morgan fingerprint density at radius 2 is 1.80 bits per heavy atom. The zero-order valence-electron chi connectivity index (χ0n) is 15.4. The summed E-state index contributed by atoms with van der Waals surface area (Å²) in [6, 6.07) is 15.3. The minimum atomic E-state index is -1.36. The smallest absolute Gasteiger partial charge is 0.344 e. The van der Waals surface area contributed by atoms with Crippen molar-refractivity contribution >= 4 is 51.9 Å². The minimum Gasteiger partial charge on any atom is -0.477 e. The molecule has 3 aromatic carbocycles. The molecule has 0 atom stereocenters. The van der Waals surface area contributed by atoms with Crippen molar-refractivity contribution < 1.29 is 14.8 Å². The predicted molar refractivity (Wildman–Crippen MR) is 116 cm³/mol. The Kier molecular flexibility index (Phi) is 5.24. The maximum Gasteiger partial charge on any atom is 0.344 e. The van der Waals surface area contributed by atoms with Crippen molar-refractivity contribution in [3.05, 3.63) is 91.4 Å². The molecule has 1 aliphatic heterocycles. The van der Waals surface area contributed by atoms with Crippen LogP contribution in [0.25, 0.3) is 0 Å². The van der Waals surface area contributed by atoms with Crippen LogP contribution in [0.3, 0.4) is 0 Å². The largest absolute Gasteiger partial charge is 0.477 e. The van der Waals surface area contributed by atoms with Crippen molar-refractivity contribution in [3.8, 4) is 0 Å². The van der Waals surface area contributed by atoms with Gasteiger partial charge in [0.15, 0.2) is 5.56 Å². The SMILES string of the molecule is O=C(O)c1c(Nc2ccc3c(c2)CN(c2ccc(Cl)c(Cl)c2)C3)cccc1[N+](=O)[O-]. The van der Waals surface area contributed by atoms with Crippen LogP contribution in [-0.2, 0) is 13.1 Å². The Labute approximate surface area is 181 Å². The maximum atomic E-state index is 11.6. The number of benzene rings is 3. The van der Waals surface area contributed by atoms with E-state index in [-0.39, 0.29) is 11.3 Å². The van der Waals surface area contributed by atoms with Crippen LogP contribution in [0.15, 0.2) is 54.6 Å². The highest BCUT2D eigenvalue weighted by Gasteiger charge is 2.24. The van der Waals surface area contributed by atoms with Gasteiger partial charge in [0, 0.05) is 30.5 Å². The summed E-state index contributed by atoms with van der Waals surface area (Å²) < 4.78 is 0. The quantitative estimate of drug-likeness (QED) is 0.378. The molecule has 4 rings (SSSR count). The molecular weight excluding hydrogens is 429 g/mol. The summed E-state index contributed by atoms with van der Waals surface area (Å²) in [6.07, 6.45) is 0. The number of aromatic carboxylic acids is 1. The maximum absolute atomic E-state index is 11.6. The zero-order chi connectivity index (χ0) is 21.4. The number of carbonyl (C=O) groups is 1. The third-order valence-electron chi connectivity index (χ3n) is 4.93. The molecular formula is C21H15Cl2N3O4. The topological polar surface area (TPSA) is 95.7 Å². The van der Waals surface area contributed by atoms with Gasteiger partial charge in [-0.25, -0.2) is 4.79 Å². The average Bonchev–Trinajstić information content (AvgIpc) is 3.13. The van der Waals surface area contributed by atoms with Crippen LogP contribution in [0.5, 0.6) is 0 Å². The second-order valence-corrected chi connectivity index (χ2v) is 7.64. The van der Waals surface area contributed by atoms with E-state index in [2.05, 4.69) is 10.2 Å². The molecule has 0 saturated heterocycles. The van der Waals surface area contributed by atoms with Crippen molar-refractivity contribution in [1.82, 2.24) is 0 Å². The number of nitrogens with zero attached hydrogens (tertiary/aromatic N) is 2. The van der Waals surface area contributed by atoms with Crippen LogP contribution >= 0.6 is 23.2 Å². The molecule has 0 bridgehead atoms. The molecule has 0 saturated carbocycles. The summed E-state index contributed by atoms with van der Waals surface area (Å²) in [5.41, 5.74) is 3.11. The molecule has 1 heterocycles. The lowest BCUT2D eigenvalue weighted by Crippen LogP contribution is -2.14. The number of halogens is 2. The molecule has 152 valence electrons. The summed E-state index contributed by atoms with van der Waals surface area (Å²) in [4.78, 5) is 24.2. The molecule has 2 N–H and O–H groups in total. The van der Waals surface area contributed by atoms with Gasteiger partial charge in [-0.3, -0.25) is 10.1 Å². The van der Waals surface area contributed by atoms with Crippen molar-refractivity contribution in [2.45, 2.75) is 13.1 Å². The van der Waals surface area contributed by atoms with Crippen molar-refractivity contribution in [2.75, 3.05) is 10.2 Å². The van der Waals surface area contributed by atoms with E-state index in [0.29, 0.717) is 28.8 Å². The normalized spacial score (nSPS) is 12.5. The number of nitro benzene ring substituents is 1. The second kappa shape index (κ2) is 7.85. The molecule has 7 nitrogen and oxygen atoms in total. The average molecular weight is 444 g/mol. The number of rotatable bonds is 5. The van der Waals surface area contributed by atoms with Crippen LogP contribution in [0, 0.1) is 10.1 Å². The van der Waals surface area contributed by atoms with Crippen LogP contribution in [0.2, 0.25) is 10.0 Å². The number of nitrogens with one attached hydrogen (secondary N) is 1. The molecule has 0 aromatic heterocycles. The van der Waals surface area contributed by atoms with E-state index in [0.717, 1.165) is 16.8 Å². The van der Waals surface area contributed by atoms with Gasteiger partial charge in [-0.2, -0.15) is 0 Å². The number of fused-ring (bicyclic) bond motifs is 1. The number of carboxylic acid groups (broad SMARTS) is 1. The summed E-state index contributed by atoms with van der Waals surface area (Å²) >= 11 is 12.1. The third-order valence-corrected chi connectivity index (χ3v) is 5.67. The fraction of sp³-hybridized carbons (Fsp3) is 0.0952. The highest BCUT2D eigenvalue weighted by molar-refractivity contribution is 6.42. The molecule has 1 aliphatic rings. The van der Waals surface area contributed by atoms with E-state index in [1.807, 2.05) is 30.3 Å². The summed E-state index contributed by atoms with van der Waals surface area (Å²) in [5.74, 6) is -1.36. The number of hydrogen-bond acceptors (Lipinski definition) is 5. The first kappa shape index (κ1) is 20.0. The van der Waals surface area contributed by atoms with Crippen molar-refractivity contribution in [2.24, 2.45) is 0 Å². The number of nitro groups is 1. The zero-order valence-corrected chi connectivity index (χ0v) is 16.9. The van der Waals surface area contributed by atoms with E-state index in [1.54, 1.807) is 6.07 Å². The first-order chi connectivity index (χ1) is 14.3. The van der Waals surface area contributed by atoms with E-state index in [9.17, 15) is 20.0 Å². The molecule has 0 aliphatic carbocycles. The highest BCUT2D eigenvalue weighted by atomic mass is 35.5. The van der Waals surface area contributed by atoms with Gasteiger partial charge >= 0.3 is 5.97 Å². The van der Waals surface area contributed by atoms with E-state index >= 15 is 0 Å². The molecule has 0 amide bonds. The minimum absolute atomic E-state index is 0.163. The van der Waals surface area contributed by atoms with E-state index in [4.69, 9.17) is 23.2 Å². The Balaban J connectivity index is 1.61. The van der Waals surface area contributed by atoms with Gasteiger partial charge in [0.2, 0.25) is 0 Å². The van der Waals surface area contributed by atoms with Gasteiger partial charge in [0.25, 0.3) is 5.69 Å². The predicted octanol–water partition coefficient (Wildman–Crippen LogP) is 5.86. The van der Waals surface area contributed by atoms with Crippen molar-refractivity contribution in [3.63, 3.8) is 0 Å². The van der Waals surface area contributed by atoms with Gasteiger partial charge in [-0.1, -0.05) is 35.3 Å². The van der Waals surface area contributed by atoms with Crippen LogP contribution in [0.4, 0.5) is 22.7 Å². The van der Waals surface area contributed by atoms with Gasteiger partial charge in [0.05, 0.1) is 20.7 Å². The first-order valence-corrected chi connectivity index (χ1v) is 9.68. The number of carboxylic acids is 1. The van der Waals surface area contributed by atoms with Gasteiger partial charge < -0.3 is 15.3 Å². The molecule has 30 heavy (non-hydrogen) atoms. The van der Waals surface area contributed by atoms with Crippen LogP contribution in [0.1, 0.15) is 21.5 Å². The summed E-state index contributed by atoms with van der Waals surface area (Å²) in [7, 11) is 0.